The molecule has 2 nitrogen and oxygen atoms in total. The largest absolute Gasteiger partial charge is 0.397 e. The molecule has 70 valence electrons. The van der Waals surface area contributed by atoms with Crippen LogP contribution in [0.1, 0.15) is 24.8 Å². The van der Waals surface area contributed by atoms with Crippen molar-refractivity contribution in [3.8, 4) is 0 Å². The predicted octanol–water partition coefficient (Wildman–Crippen LogP) is 2.54. The molecule has 0 amide bonds. The predicted molar refractivity (Wildman–Crippen MR) is 56.9 cm³/mol. The first-order valence-corrected chi connectivity index (χ1v) is 4.88. The van der Waals surface area contributed by atoms with Crippen LogP contribution in [0.5, 0.6) is 0 Å². The molecule has 0 aliphatic heterocycles. The van der Waals surface area contributed by atoms with Crippen LogP contribution in [-0.4, -0.2) is 6.04 Å². The third-order valence-corrected chi connectivity index (χ3v) is 2.67. The van der Waals surface area contributed by atoms with Crippen molar-refractivity contribution >= 4 is 11.4 Å². The summed E-state index contributed by atoms with van der Waals surface area (Å²) in [6.45, 7) is 2.09. The smallest absolute Gasteiger partial charge is 0.0578 e. The molecule has 1 aliphatic carbocycles. The van der Waals surface area contributed by atoms with E-state index in [9.17, 15) is 0 Å². The van der Waals surface area contributed by atoms with Crippen LogP contribution in [0, 0.1) is 6.92 Å². The van der Waals surface area contributed by atoms with E-state index in [0.717, 1.165) is 11.4 Å². The highest BCUT2D eigenvalue weighted by Gasteiger charge is 2.17. The van der Waals surface area contributed by atoms with Gasteiger partial charge >= 0.3 is 0 Å². The minimum absolute atomic E-state index is 0.657. The quantitative estimate of drug-likeness (QED) is 0.679. The Bertz CT molecular complexity index is 303. The number of nitrogen functional groups attached to an aromatic ring is 1. The fraction of sp³-hybridized carbons (Fsp3) is 0.455. The number of rotatable bonds is 2. The number of hydrogen-bond donors (Lipinski definition) is 2. The molecule has 1 fully saturated rings. The summed E-state index contributed by atoms with van der Waals surface area (Å²) in [7, 11) is 0. The van der Waals surface area contributed by atoms with E-state index in [4.69, 9.17) is 5.73 Å². The fourth-order valence-corrected chi connectivity index (χ4v) is 1.57. The van der Waals surface area contributed by atoms with E-state index in [1.165, 1.54) is 24.8 Å². The SMILES string of the molecule is Cc1ccc(N)c(NC2CCC2)c1. The number of nitrogens with two attached hydrogens (primary N) is 1. The Morgan fingerprint density at radius 1 is 1.38 bits per heavy atom. The van der Waals surface area contributed by atoms with Crippen molar-refractivity contribution in [2.75, 3.05) is 11.1 Å². The first-order chi connectivity index (χ1) is 6.25. The summed E-state index contributed by atoms with van der Waals surface area (Å²) in [5.41, 5.74) is 9.07. The number of hydrogen-bond acceptors (Lipinski definition) is 2. The zero-order valence-corrected chi connectivity index (χ0v) is 8.01. The lowest BCUT2D eigenvalue weighted by molar-refractivity contribution is 0.446. The third-order valence-electron chi connectivity index (χ3n) is 2.67. The van der Waals surface area contributed by atoms with Crippen molar-refractivity contribution in [1.82, 2.24) is 0 Å². The zero-order valence-electron chi connectivity index (χ0n) is 8.01. The average molecular weight is 176 g/mol. The molecule has 2 heteroatoms. The Balaban J connectivity index is 2.13. The fourth-order valence-electron chi connectivity index (χ4n) is 1.57. The Morgan fingerprint density at radius 3 is 2.77 bits per heavy atom. The molecular formula is C11H16N2. The highest BCUT2D eigenvalue weighted by Crippen LogP contribution is 2.27. The standard InChI is InChI=1S/C11H16N2/c1-8-5-6-10(12)11(7-8)13-9-3-2-4-9/h5-7,9,13H,2-4,12H2,1H3. The summed E-state index contributed by atoms with van der Waals surface area (Å²) < 4.78 is 0. The van der Waals surface area contributed by atoms with E-state index in [1.54, 1.807) is 0 Å². The van der Waals surface area contributed by atoms with Crippen molar-refractivity contribution in [3.63, 3.8) is 0 Å². The van der Waals surface area contributed by atoms with Gasteiger partial charge in [0, 0.05) is 6.04 Å². The van der Waals surface area contributed by atoms with Crippen LogP contribution in [0.3, 0.4) is 0 Å². The monoisotopic (exact) mass is 176 g/mol. The Kier molecular flexibility index (Phi) is 2.13. The number of aryl methyl sites for hydroxylation is 1. The van der Waals surface area contributed by atoms with E-state index in [2.05, 4.69) is 18.3 Å². The maximum Gasteiger partial charge on any atom is 0.0578 e. The van der Waals surface area contributed by atoms with E-state index in [-0.39, 0.29) is 0 Å². The third kappa shape index (κ3) is 1.77. The highest BCUT2D eigenvalue weighted by molar-refractivity contribution is 5.67. The molecule has 1 aromatic rings. The first-order valence-electron chi connectivity index (χ1n) is 4.88. The second-order valence-electron chi connectivity index (χ2n) is 3.86. The Morgan fingerprint density at radius 2 is 2.15 bits per heavy atom. The van der Waals surface area contributed by atoms with Crippen molar-refractivity contribution in [2.45, 2.75) is 32.2 Å². The summed E-state index contributed by atoms with van der Waals surface area (Å²) in [6.07, 6.45) is 3.92. The van der Waals surface area contributed by atoms with E-state index in [0.29, 0.717) is 6.04 Å². The van der Waals surface area contributed by atoms with Crippen molar-refractivity contribution < 1.29 is 0 Å². The van der Waals surface area contributed by atoms with Crippen molar-refractivity contribution in [3.05, 3.63) is 23.8 Å². The number of nitrogens with one attached hydrogen (secondary N) is 1. The Hall–Kier alpha value is -1.18. The molecule has 0 heterocycles. The topological polar surface area (TPSA) is 38.0 Å². The minimum Gasteiger partial charge on any atom is -0.397 e. The second-order valence-corrected chi connectivity index (χ2v) is 3.86. The van der Waals surface area contributed by atoms with Crippen LogP contribution >= 0.6 is 0 Å². The molecule has 0 saturated heterocycles. The average Bonchev–Trinajstić information content (AvgIpc) is 2.03. The lowest BCUT2D eigenvalue weighted by Gasteiger charge is -2.28. The molecule has 1 aromatic carbocycles. The van der Waals surface area contributed by atoms with E-state index >= 15 is 0 Å². The lowest BCUT2D eigenvalue weighted by atomic mass is 9.93. The van der Waals surface area contributed by atoms with Crippen LogP contribution in [0.4, 0.5) is 11.4 Å². The molecule has 1 saturated carbocycles. The van der Waals surface area contributed by atoms with Gasteiger partial charge in [-0.1, -0.05) is 6.07 Å². The van der Waals surface area contributed by atoms with E-state index in [1.807, 2.05) is 12.1 Å². The molecule has 0 spiro atoms. The van der Waals surface area contributed by atoms with Crippen LogP contribution in [0.2, 0.25) is 0 Å². The van der Waals surface area contributed by atoms with Crippen LogP contribution in [-0.2, 0) is 0 Å². The second kappa shape index (κ2) is 3.29. The lowest BCUT2D eigenvalue weighted by Crippen LogP contribution is -2.27. The molecule has 0 bridgehead atoms. The van der Waals surface area contributed by atoms with Gasteiger partial charge in [-0.05, 0) is 43.9 Å². The van der Waals surface area contributed by atoms with Gasteiger partial charge in [-0.2, -0.15) is 0 Å². The zero-order chi connectivity index (χ0) is 9.26. The molecular weight excluding hydrogens is 160 g/mol. The summed E-state index contributed by atoms with van der Waals surface area (Å²) in [5.74, 6) is 0. The van der Waals surface area contributed by atoms with E-state index < -0.39 is 0 Å². The normalized spacial score (nSPS) is 16.7. The first kappa shape index (κ1) is 8.42. The van der Waals surface area contributed by atoms with Crippen LogP contribution in [0.15, 0.2) is 18.2 Å². The summed E-state index contributed by atoms with van der Waals surface area (Å²) in [6, 6.07) is 6.79. The Labute approximate surface area is 79.1 Å². The summed E-state index contributed by atoms with van der Waals surface area (Å²) >= 11 is 0. The minimum atomic E-state index is 0.657. The summed E-state index contributed by atoms with van der Waals surface area (Å²) in [4.78, 5) is 0. The summed E-state index contributed by atoms with van der Waals surface area (Å²) in [5, 5.41) is 3.46. The van der Waals surface area contributed by atoms with Gasteiger partial charge in [0.25, 0.3) is 0 Å². The van der Waals surface area contributed by atoms with Gasteiger partial charge in [0.2, 0.25) is 0 Å². The van der Waals surface area contributed by atoms with Crippen molar-refractivity contribution in [2.24, 2.45) is 0 Å². The molecule has 0 radical (unpaired) electrons. The number of benzene rings is 1. The maximum atomic E-state index is 5.85. The van der Waals surface area contributed by atoms with Gasteiger partial charge in [-0.25, -0.2) is 0 Å². The molecule has 0 unspecified atom stereocenters. The molecule has 0 aromatic heterocycles. The maximum absolute atomic E-state index is 5.85. The molecule has 0 atom stereocenters. The number of anilines is 2. The molecule has 1 aliphatic rings. The van der Waals surface area contributed by atoms with Crippen molar-refractivity contribution in [1.29, 1.82) is 0 Å². The van der Waals surface area contributed by atoms with Crippen LogP contribution < -0.4 is 11.1 Å². The molecule has 13 heavy (non-hydrogen) atoms. The highest BCUT2D eigenvalue weighted by atomic mass is 14.9. The van der Waals surface area contributed by atoms with Gasteiger partial charge in [-0.3, -0.25) is 0 Å². The van der Waals surface area contributed by atoms with Gasteiger partial charge in [-0.15, -0.1) is 0 Å². The van der Waals surface area contributed by atoms with Gasteiger partial charge in [0.15, 0.2) is 0 Å². The van der Waals surface area contributed by atoms with Gasteiger partial charge in [0.1, 0.15) is 0 Å². The van der Waals surface area contributed by atoms with Crippen LogP contribution in [0.25, 0.3) is 0 Å². The van der Waals surface area contributed by atoms with Gasteiger partial charge < -0.3 is 11.1 Å². The van der Waals surface area contributed by atoms with Gasteiger partial charge in [0.05, 0.1) is 11.4 Å². The molecule has 2 rings (SSSR count). The molecule has 3 N–H and O–H groups in total.